The van der Waals surface area contributed by atoms with Crippen LogP contribution in [0.4, 0.5) is 23.7 Å². The van der Waals surface area contributed by atoms with Crippen LogP contribution in [0, 0.1) is 0 Å². The Labute approximate surface area is 121 Å². The second kappa shape index (κ2) is 6.80. The second-order valence-corrected chi connectivity index (χ2v) is 5.39. The number of nitrogens with one attached hydrogen (secondary N) is 2. The summed E-state index contributed by atoms with van der Waals surface area (Å²) in [5, 5.41) is 14.1. The van der Waals surface area contributed by atoms with Crippen LogP contribution < -0.4 is 10.6 Å². The number of rotatable bonds is 5. The number of anilines is 1. The molecule has 0 aliphatic rings. The average molecular weight is 304 g/mol. The Morgan fingerprint density at radius 2 is 1.86 bits per heavy atom. The number of aliphatic hydroxyl groups is 1. The number of hydrogen-bond donors (Lipinski definition) is 3. The van der Waals surface area contributed by atoms with Gasteiger partial charge in [-0.1, -0.05) is 18.2 Å². The number of aliphatic hydroxyl groups excluding tert-OH is 1. The van der Waals surface area contributed by atoms with Gasteiger partial charge < -0.3 is 15.7 Å². The highest BCUT2D eigenvalue weighted by atomic mass is 19.4. The Morgan fingerprint density at radius 1 is 1.24 bits per heavy atom. The summed E-state index contributed by atoms with van der Waals surface area (Å²) < 4.78 is 36.8. The predicted molar refractivity (Wildman–Crippen MR) is 74.1 cm³/mol. The molecule has 0 unspecified atom stereocenters. The monoisotopic (exact) mass is 304 g/mol. The SMILES string of the molecule is CC(C)(CO)NC(=O)Nc1ccccc1CCC(F)(F)F. The maximum absolute atomic E-state index is 12.3. The van der Waals surface area contributed by atoms with Crippen LogP contribution in [0.2, 0.25) is 0 Å². The lowest BCUT2D eigenvalue weighted by molar-refractivity contribution is -0.133. The van der Waals surface area contributed by atoms with E-state index in [1.165, 1.54) is 6.07 Å². The lowest BCUT2D eigenvalue weighted by Gasteiger charge is -2.24. The number of halogens is 3. The molecule has 1 aromatic carbocycles. The number of carbonyl (C=O) groups is 1. The van der Waals surface area contributed by atoms with Gasteiger partial charge in [0.05, 0.1) is 12.1 Å². The van der Waals surface area contributed by atoms with Gasteiger partial charge in [0.2, 0.25) is 0 Å². The van der Waals surface area contributed by atoms with Gasteiger partial charge in [-0.2, -0.15) is 13.2 Å². The molecule has 3 N–H and O–H groups in total. The molecule has 1 rings (SSSR count). The smallest absolute Gasteiger partial charge is 0.389 e. The van der Waals surface area contributed by atoms with Crippen molar-refractivity contribution < 1.29 is 23.1 Å². The largest absolute Gasteiger partial charge is 0.394 e. The van der Waals surface area contributed by atoms with Crippen molar-refractivity contribution in [3.8, 4) is 0 Å². The first-order valence-electron chi connectivity index (χ1n) is 6.48. The maximum atomic E-state index is 12.3. The molecule has 0 atom stereocenters. The molecule has 1 aromatic rings. The summed E-state index contributed by atoms with van der Waals surface area (Å²) in [5.41, 5.74) is -0.0786. The van der Waals surface area contributed by atoms with Crippen molar-refractivity contribution in [3.63, 3.8) is 0 Å². The Kier molecular flexibility index (Phi) is 5.60. The zero-order valence-electron chi connectivity index (χ0n) is 11.9. The van der Waals surface area contributed by atoms with Crippen LogP contribution in [0.1, 0.15) is 25.8 Å². The third-order valence-electron chi connectivity index (χ3n) is 2.79. The Balaban J connectivity index is 2.73. The number of carbonyl (C=O) groups excluding carboxylic acids is 1. The van der Waals surface area contributed by atoms with Crippen molar-refractivity contribution in [2.45, 2.75) is 38.4 Å². The molecule has 0 fully saturated rings. The summed E-state index contributed by atoms with van der Waals surface area (Å²) in [6, 6.07) is 5.75. The van der Waals surface area contributed by atoms with Crippen LogP contribution in [0.25, 0.3) is 0 Å². The normalized spacial score (nSPS) is 12.1. The topological polar surface area (TPSA) is 61.4 Å². The van der Waals surface area contributed by atoms with Gasteiger partial charge >= 0.3 is 12.2 Å². The van der Waals surface area contributed by atoms with Crippen molar-refractivity contribution in [2.75, 3.05) is 11.9 Å². The van der Waals surface area contributed by atoms with E-state index in [0.717, 1.165) is 0 Å². The fourth-order valence-electron chi connectivity index (χ4n) is 1.64. The number of benzene rings is 1. The molecule has 7 heteroatoms. The summed E-state index contributed by atoms with van der Waals surface area (Å²) in [6.45, 7) is 3.00. The van der Waals surface area contributed by atoms with Crippen LogP contribution in [0.15, 0.2) is 24.3 Å². The lowest BCUT2D eigenvalue weighted by atomic mass is 10.1. The first-order chi connectivity index (χ1) is 9.63. The summed E-state index contributed by atoms with van der Waals surface area (Å²) in [6.07, 6.45) is -5.40. The Bertz CT molecular complexity index is 487. The van der Waals surface area contributed by atoms with Gasteiger partial charge in [0, 0.05) is 12.1 Å². The average Bonchev–Trinajstić information content (AvgIpc) is 2.36. The number of para-hydroxylation sites is 1. The molecule has 21 heavy (non-hydrogen) atoms. The van der Waals surface area contributed by atoms with E-state index in [2.05, 4.69) is 10.6 Å². The zero-order chi connectivity index (χ0) is 16.1. The fourth-order valence-corrected chi connectivity index (χ4v) is 1.64. The molecule has 118 valence electrons. The molecule has 0 aliphatic carbocycles. The molecule has 0 bridgehead atoms. The van der Waals surface area contributed by atoms with Crippen LogP contribution in [-0.2, 0) is 6.42 Å². The highest BCUT2D eigenvalue weighted by Crippen LogP contribution is 2.25. The number of hydrogen-bond acceptors (Lipinski definition) is 2. The van der Waals surface area contributed by atoms with Crippen LogP contribution in [-0.4, -0.2) is 29.5 Å². The summed E-state index contributed by atoms with van der Waals surface area (Å²) in [7, 11) is 0. The predicted octanol–water partition coefficient (Wildman–Crippen LogP) is 3.07. The molecule has 0 aliphatic heterocycles. The van der Waals surface area contributed by atoms with Gasteiger partial charge in [0.1, 0.15) is 0 Å². The molecule has 4 nitrogen and oxygen atoms in total. The number of amides is 2. The van der Waals surface area contributed by atoms with Crippen molar-refractivity contribution in [3.05, 3.63) is 29.8 Å². The number of urea groups is 1. The minimum Gasteiger partial charge on any atom is -0.394 e. The molecule has 2 amide bonds. The van der Waals surface area contributed by atoms with Gasteiger partial charge in [0.25, 0.3) is 0 Å². The van der Waals surface area contributed by atoms with E-state index in [9.17, 15) is 18.0 Å². The van der Waals surface area contributed by atoms with Crippen LogP contribution >= 0.6 is 0 Å². The van der Waals surface area contributed by atoms with Gasteiger partial charge in [-0.15, -0.1) is 0 Å². The number of aryl methyl sites for hydroxylation is 1. The van der Waals surface area contributed by atoms with E-state index < -0.39 is 24.2 Å². The Hall–Kier alpha value is -1.76. The van der Waals surface area contributed by atoms with E-state index >= 15 is 0 Å². The quantitative estimate of drug-likeness (QED) is 0.783. The molecule has 0 heterocycles. The summed E-state index contributed by atoms with van der Waals surface area (Å²) >= 11 is 0. The fraction of sp³-hybridized carbons (Fsp3) is 0.500. The second-order valence-electron chi connectivity index (χ2n) is 5.39. The first-order valence-corrected chi connectivity index (χ1v) is 6.48. The molecule has 0 spiro atoms. The lowest BCUT2D eigenvalue weighted by Crippen LogP contribution is -2.48. The van der Waals surface area contributed by atoms with Crippen molar-refractivity contribution >= 4 is 11.7 Å². The van der Waals surface area contributed by atoms with Crippen molar-refractivity contribution in [1.29, 1.82) is 0 Å². The third-order valence-corrected chi connectivity index (χ3v) is 2.79. The molecular weight excluding hydrogens is 285 g/mol. The summed E-state index contributed by atoms with van der Waals surface area (Å²) in [5.74, 6) is 0. The minimum atomic E-state index is -4.24. The van der Waals surface area contributed by atoms with E-state index in [4.69, 9.17) is 5.11 Å². The zero-order valence-corrected chi connectivity index (χ0v) is 11.9. The minimum absolute atomic E-state index is 0.205. The molecule has 0 saturated carbocycles. The van der Waals surface area contributed by atoms with Crippen LogP contribution in [0.5, 0.6) is 0 Å². The van der Waals surface area contributed by atoms with E-state index in [-0.39, 0.29) is 13.0 Å². The number of alkyl halides is 3. The van der Waals surface area contributed by atoms with E-state index in [0.29, 0.717) is 11.3 Å². The van der Waals surface area contributed by atoms with Gasteiger partial charge in [-0.05, 0) is 31.9 Å². The Morgan fingerprint density at radius 3 is 2.43 bits per heavy atom. The van der Waals surface area contributed by atoms with Gasteiger partial charge in [0.15, 0.2) is 0 Å². The maximum Gasteiger partial charge on any atom is 0.389 e. The molecule has 0 radical (unpaired) electrons. The third kappa shape index (κ3) is 6.48. The summed E-state index contributed by atoms with van der Waals surface area (Å²) in [4.78, 5) is 11.8. The van der Waals surface area contributed by atoms with E-state index in [1.807, 2.05) is 0 Å². The molecule has 0 aromatic heterocycles. The first kappa shape index (κ1) is 17.3. The van der Waals surface area contributed by atoms with Gasteiger partial charge in [-0.3, -0.25) is 0 Å². The standard InChI is InChI=1S/C14H19F3N2O2/c1-13(2,9-20)19-12(21)18-11-6-4-3-5-10(11)7-8-14(15,16)17/h3-6,20H,7-9H2,1-2H3,(H2,18,19,21). The van der Waals surface area contributed by atoms with Crippen LogP contribution in [0.3, 0.4) is 0 Å². The van der Waals surface area contributed by atoms with Crippen molar-refractivity contribution in [2.24, 2.45) is 0 Å². The molecular formula is C14H19F3N2O2. The van der Waals surface area contributed by atoms with E-state index in [1.54, 1.807) is 32.0 Å². The molecule has 0 saturated heterocycles. The van der Waals surface area contributed by atoms with Crippen molar-refractivity contribution in [1.82, 2.24) is 5.32 Å². The van der Waals surface area contributed by atoms with Gasteiger partial charge in [-0.25, -0.2) is 4.79 Å². The highest BCUT2D eigenvalue weighted by molar-refractivity contribution is 5.90. The highest BCUT2D eigenvalue weighted by Gasteiger charge is 2.27.